The number of hydrogen-bond acceptors (Lipinski definition) is 8. The molecule has 0 saturated carbocycles. The van der Waals surface area contributed by atoms with Crippen molar-refractivity contribution in [2.24, 2.45) is 11.8 Å². The quantitative estimate of drug-likeness (QED) is 0.410. The predicted molar refractivity (Wildman–Crippen MR) is 124 cm³/mol. The molecule has 5 heterocycles. The normalized spacial score (nSPS) is 38.4. The molecule has 1 N–H and O–H groups in total. The molecule has 0 radical (unpaired) electrons. The maximum Gasteiger partial charge on any atom is 0.313 e. The highest BCUT2D eigenvalue weighted by molar-refractivity contribution is 5.99. The third kappa shape index (κ3) is 3.91. The number of amides is 2. The molecule has 0 bridgehead atoms. The summed E-state index contributed by atoms with van der Waals surface area (Å²) in [4.78, 5) is 46.7. The number of carbonyl (C=O) groups is 3. The van der Waals surface area contributed by atoms with E-state index in [-0.39, 0.29) is 25.0 Å². The average Bonchev–Trinajstić information content (AvgIpc) is 3.18. The number of hydrogen-bond donors (Lipinski definition) is 1. The molecule has 5 rings (SSSR count). The predicted octanol–water partition coefficient (Wildman–Crippen LogP) is -0.428. The molecule has 1 unspecified atom stereocenters. The van der Waals surface area contributed by atoms with Crippen LogP contribution in [0.5, 0.6) is 0 Å². The third-order valence-electron chi connectivity index (χ3n) is 8.07. The van der Waals surface area contributed by atoms with Crippen molar-refractivity contribution in [1.29, 1.82) is 0 Å². The van der Waals surface area contributed by atoms with E-state index in [9.17, 15) is 19.5 Å². The van der Waals surface area contributed by atoms with Crippen molar-refractivity contribution < 1.29 is 33.7 Å². The smallest absolute Gasteiger partial charge is 0.313 e. The molecule has 0 aliphatic carbocycles. The van der Waals surface area contributed by atoms with Crippen LogP contribution in [0.15, 0.2) is 24.3 Å². The minimum absolute atomic E-state index is 0.227. The van der Waals surface area contributed by atoms with Crippen molar-refractivity contribution in [2.75, 3.05) is 59.2 Å². The van der Waals surface area contributed by atoms with Gasteiger partial charge in [-0.3, -0.25) is 19.3 Å². The number of carbonyl (C=O) groups excluding carboxylic acids is 3. The van der Waals surface area contributed by atoms with E-state index < -0.39 is 41.1 Å². The van der Waals surface area contributed by atoms with Gasteiger partial charge in [0.15, 0.2) is 0 Å². The zero-order valence-electron chi connectivity index (χ0n) is 20.4. The first-order valence-corrected chi connectivity index (χ1v) is 12.6. The molecular weight excluding hydrogens is 454 g/mol. The zero-order valence-corrected chi connectivity index (χ0v) is 20.4. The standard InChI is InChI=1S/C25H35N3O7/c1-17(16-29)28-20-22(31)27(10-9-26-11-14-33-15-12-26)8-5-7-25(20)18(21(28)30)19-23(32)34-13-4-3-6-24(19,2)35-25/h3,5-7,17-20,29H,4,8-16H2,1-2H3/t17-,18+,19-,20?,24+,25+/m1/s1. The van der Waals surface area contributed by atoms with E-state index in [1.807, 2.05) is 24.3 Å². The van der Waals surface area contributed by atoms with Gasteiger partial charge in [0.2, 0.25) is 11.8 Å². The van der Waals surface area contributed by atoms with Gasteiger partial charge in [-0.05, 0) is 20.3 Å². The molecule has 5 aliphatic rings. The maximum absolute atomic E-state index is 14.1. The van der Waals surface area contributed by atoms with Gasteiger partial charge in [-0.25, -0.2) is 0 Å². The van der Waals surface area contributed by atoms with E-state index in [2.05, 4.69) is 4.90 Å². The maximum atomic E-state index is 14.1. The first-order chi connectivity index (χ1) is 16.8. The molecule has 10 nitrogen and oxygen atoms in total. The fraction of sp³-hybridized carbons (Fsp3) is 0.720. The number of fused-ring (bicyclic) bond motifs is 2. The highest BCUT2D eigenvalue weighted by atomic mass is 16.6. The van der Waals surface area contributed by atoms with E-state index in [0.29, 0.717) is 39.3 Å². The van der Waals surface area contributed by atoms with Gasteiger partial charge in [-0.1, -0.05) is 24.3 Å². The van der Waals surface area contributed by atoms with Crippen molar-refractivity contribution in [3.63, 3.8) is 0 Å². The summed E-state index contributed by atoms with van der Waals surface area (Å²) in [6.07, 6.45) is 8.00. The first-order valence-electron chi connectivity index (χ1n) is 12.6. The first kappa shape index (κ1) is 24.4. The number of rotatable bonds is 5. The summed E-state index contributed by atoms with van der Waals surface area (Å²) in [6.45, 7) is 8.00. The summed E-state index contributed by atoms with van der Waals surface area (Å²) in [5, 5.41) is 9.98. The van der Waals surface area contributed by atoms with Crippen LogP contribution >= 0.6 is 0 Å². The van der Waals surface area contributed by atoms with Crippen LogP contribution < -0.4 is 0 Å². The fourth-order valence-corrected chi connectivity index (χ4v) is 6.32. The van der Waals surface area contributed by atoms with Crippen LogP contribution in [0.3, 0.4) is 0 Å². The number of nitrogens with zero attached hydrogens (tertiary/aromatic N) is 3. The number of esters is 1. The summed E-state index contributed by atoms with van der Waals surface area (Å²) in [6, 6.07) is -1.58. The molecule has 5 aliphatic heterocycles. The summed E-state index contributed by atoms with van der Waals surface area (Å²) in [5.74, 6) is -2.87. The van der Waals surface area contributed by atoms with Crippen molar-refractivity contribution in [3.8, 4) is 0 Å². The number of morpholine rings is 1. The Balaban J connectivity index is 1.52. The lowest BCUT2D eigenvalue weighted by Gasteiger charge is -2.39. The summed E-state index contributed by atoms with van der Waals surface area (Å²) in [5.41, 5.74) is -2.41. The Morgan fingerprint density at radius 2 is 1.83 bits per heavy atom. The van der Waals surface area contributed by atoms with Gasteiger partial charge in [-0.15, -0.1) is 0 Å². The summed E-state index contributed by atoms with van der Waals surface area (Å²) >= 11 is 0. The van der Waals surface area contributed by atoms with Crippen LogP contribution in [-0.4, -0.2) is 120 Å². The van der Waals surface area contributed by atoms with Crippen LogP contribution in [0, 0.1) is 11.8 Å². The highest BCUT2D eigenvalue weighted by Crippen LogP contribution is 2.57. The minimum Gasteiger partial charge on any atom is -0.465 e. The zero-order chi connectivity index (χ0) is 24.8. The fourth-order valence-electron chi connectivity index (χ4n) is 6.32. The molecule has 2 amide bonds. The Hall–Kier alpha value is -2.27. The Bertz CT molecular complexity index is 932. The molecule has 35 heavy (non-hydrogen) atoms. The Kier molecular flexibility index (Phi) is 6.50. The lowest BCUT2D eigenvalue weighted by molar-refractivity contribution is -0.161. The SMILES string of the molecule is C[C@H](CO)N1C(=O)[C@@H]2[C@@H]3C(=O)OCCC=C[C@]3(C)O[C@@]23C=CCN(CCN2CCOCC2)C(=O)C13. The second-order valence-corrected chi connectivity index (χ2v) is 10.3. The van der Waals surface area contributed by atoms with Crippen molar-refractivity contribution in [3.05, 3.63) is 24.3 Å². The lowest BCUT2D eigenvalue weighted by Crippen LogP contribution is -2.58. The van der Waals surface area contributed by atoms with Crippen LogP contribution in [0.25, 0.3) is 0 Å². The molecule has 10 heteroatoms. The molecule has 0 aromatic carbocycles. The van der Waals surface area contributed by atoms with Crippen LogP contribution in [0.2, 0.25) is 0 Å². The number of likely N-dealkylation sites (tertiary alicyclic amines) is 1. The van der Waals surface area contributed by atoms with Crippen LogP contribution in [0.1, 0.15) is 20.3 Å². The third-order valence-corrected chi connectivity index (χ3v) is 8.07. The number of ether oxygens (including phenoxy) is 3. The van der Waals surface area contributed by atoms with Crippen LogP contribution in [-0.2, 0) is 28.6 Å². The summed E-state index contributed by atoms with van der Waals surface area (Å²) < 4.78 is 17.6. The molecule has 0 aromatic rings. The number of aliphatic hydroxyl groups excluding tert-OH is 1. The molecule has 1 spiro atoms. The molecular formula is C25H35N3O7. The lowest BCUT2D eigenvalue weighted by atomic mass is 9.74. The van der Waals surface area contributed by atoms with E-state index in [1.54, 1.807) is 18.7 Å². The second-order valence-electron chi connectivity index (χ2n) is 10.3. The number of cyclic esters (lactones) is 1. The Morgan fingerprint density at radius 3 is 2.57 bits per heavy atom. The summed E-state index contributed by atoms with van der Waals surface area (Å²) in [7, 11) is 0. The van der Waals surface area contributed by atoms with Crippen molar-refractivity contribution in [1.82, 2.24) is 14.7 Å². The topological polar surface area (TPSA) is 109 Å². The molecule has 6 atom stereocenters. The van der Waals surface area contributed by atoms with Gasteiger partial charge in [0.05, 0.1) is 44.0 Å². The Morgan fingerprint density at radius 1 is 1.06 bits per heavy atom. The highest BCUT2D eigenvalue weighted by Gasteiger charge is 2.75. The molecule has 0 aromatic heterocycles. The van der Waals surface area contributed by atoms with Gasteiger partial charge < -0.3 is 29.1 Å². The van der Waals surface area contributed by atoms with Gasteiger partial charge >= 0.3 is 5.97 Å². The monoisotopic (exact) mass is 489 g/mol. The average molecular weight is 490 g/mol. The van der Waals surface area contributed by atoms with Crippen LogP contribution in [0.4, 0.5) is 0 Å². The molecule has 3 saturated heterocycles. The molecule has 3 fully saturated rings. The van der Waals surface area contributed by atoms with Gasteiger partial charge in [0.25, 0.3) is 0 Å². The van der Waals surface area contributed by atoms with E-state index in [0.717, 1.165) is 13.1 Å². The van der Waals surface area contributed by atoms with Crippen molar-refractivity contribution >= 4 is 17.8 Å². The Labute approximate surface area is 205 Å². The van der Waals surface area contributed by atoms with E-state index in [4.69, 9.17) is 14.2 Å². The largest absolute Gasteiger partial charge is 0.465 e. The van der Waals surface area contributed by atoms with Crippen molar-refractivity contribution in [2.45, 2.75) is 43.6 Å². The van der Waals surface area contributed by atoms with Gasteiger partial charge in [0.1, 0.15) is 17.6 Å². The second kappa shape index (κ2) is 9.31. The van der Waals surface area contributed by atoms with Gasteiger partial charge in [0, 0.05) is 32.7 Å². The minimum atomic E-state index is -1.32. The van der Waals surface area contributed by atoms with E-state index >= 15 is 0 Å². The van der Waals surface area contributed by atoms with E-state index in [1.165, 1.54) is 4.90 Å². The van der Waals surface area contributed by atoms with Gasteiger partial charge in [-0.2, -0.15) is 0 Å². The molecule has 192 valence electrons. The number of aliphatic hydroxyl groups is 1.